The summed E-state index contributed by atoms with van der Waals surface area (Å²) >= 11 is 0. The molecule has 0 aromatic carbocycles. The normalized spacial score (nSPS) is 23.1. The van der Waals surface area contributed by atoms with Gasteiger partial charge in [0.1, 0.15) is 11.6 Å². The summed E-state index contributed by atoms with van der Waals surface area (Å²) in [6.07, 6.45) is 1.37. The van der Waals surface area contributed by atoms with Gasteiger partial charge in [0.25, 0.3) is 0 Å². The van der Waals surface area contributed by atoms with Crippen LogP contribution in [0.2, 0.25) is 0 Å². The lowest BCUT2D eigenvalue weighted by atomic mass is 9.86. The van der Waals surface area contributed by atoms with Crippen molar-refractivity contribution in [1.29, 1.82) is 0 Å². The number of rotatable bonds is 2. The molecule has 4 rings (SSSR count). The minimum absolute atomic E-state index is 0.00397. The van der Waals surface area contributed by atoms with Crippen molar-refractivity contribution in [2.24, 2.45) is 5.92 Å². The second kappa shape index (κ2) is 5.63. The summed E-state index contributed by atoms with van der Waals surface area (Å²) in [5.41, 5.74) is 1.95. The number of carbonyl (C=O) groups is 1. The van der Waals surface area contributed by atoms with Crippen molar-refractivity contribution < 1.29 is 13.6 Å². The maximum atomic E-state index is 13.3. The van der Waals surface area contributed by atoms with E-state index in [0.29, 0.717) is 13.1 Å². The molecule has 0 bridgehead atoms. The summed E-state index contributed by atoms with van der Waals surface area (Å²) in [5, 5.41) is 0. The van der Waals surface area contributed by atoms with Crippen molar-refractivity contribution in [1.82, 2.24) is 14.9 Å². The number of carbonyl (C=O) groups excluding carboxylic acids is 1. The quantitative estimate of drug-likeness (QED) is 0.833. The van der Waals surface area contributed by atoms with E-state index in [1.165, 1.54) is 0 Å². The molecule has 1 saturated carbocycles. The summed E-state index contributed by atoms with van der Waals surface area (Å²) in [5.74, 6) is -1.20. The Hall–Kier alpha value is -1.79. The summed E-state index contributed by atoms with van der Waals surface area (Å²) in [4.78, 5) is 25.8. The Labute approximate surface area is 140 Å². The van der Waals surface area contributed by atoms with Gasteiger partial charge < -0.3 is 9.80 Å². The number of aromatic nitrogens is 2. The van der Waals surface area contributed by atoms with Crippen molar-refractivity contribution in [3.05, 3.63) is 17.1 Å². The van der Waals surface area contributed by atoms with Crippen LogP contribution in [0.25, 0.3) is 0 Å². The molecule has 130 valence electrons. The van der Waals surface area contributed by atoms with Crippen molar-refractivity contribution in [3.8, 4) is 0 Å². The first-order valence-electron chi connectivity index (χ1n) is 8.71. The Morgan fingerprint density at radius 3 is 2.50 bits per heavy atom. The zero-order chi connectivity index (χ0) is 16.9. The van der Waals surface area contributed by atoms with Gasteiger partial charge in [-0.2, -0.15) is 0 Å². The topological polar surface area (TPSA) is 49.3 Å². The molecule has 1 aliphatic carbocycles. The lowest BCUT2D eigenvalue weighted by Gasteiger charge is -2.33. The van der Waals surface area contributed by atoms with Crippen molar-refractivity contribution in [2.75, 3.05) is 18.0 Å². The number of hydrogen-bond donors (Lipinski definition) is 0. The molecular formula is C17H22F2N4O. The van der Waals surface area contributed by atoms with Crippen molar-refractivity contribution in [3.63, 3.8) is 0 Å². The molecule has 1 saturated heterocycles. The van der Waals surface area contributed by atoms with E-state index >= 15 is 0 Å². The zero-order valence-corrected chi connectivity index (χ0v) is 13.9. The summed E-state index contributed by atoms with van der Waals surface area (Å²) in [6.45, 7) is 4.85. The molecule has 1 aromatic rings. The number of halogens is 2. The molecule has 1 amide bonds. The average Bonchev–Trinajstić information content (AvgIpc) is 2.88. The Kier molecular flexibility index (Phi) is 3.69. The Morgan fingerprint density at radius 1 is 1.17 bits per heavy atom. The first-order valence-corrected chi connectivity index (χ1v) is 8.71. The van der Waals surface area contributed by atoms with Gasteiger partial charge >= 0.3 is 0 Å². The van der Waals surface area contributed by atoms with E-state index in [-0.39, 0.29) is 37.5 Å². The smallest absolute Gasteiger partial charge is 0.248 e. The summed E-state index contributed by atoms with van der Waals surface area (Å²) in [6, 6.07) is 0. The number of alkyl halides is 2. The highest BCUT2D eigenvalue weighted by Crippen LogP contribution is 2.38. The fourth-order valence-electron chi connectivity index (χ4n) is 3.85. The van der Waals surface area contributed by atoms with Gasteiger partial charge in [-0.1, -0.05) is 0 Å². The van der Waals surface area contributed by atoms with Crippen LogP contribution in [0.1, 0.15) is 49.2 Å². The molecule has 24 heavy (non-hydrogen) atoms. The molecule has 3 aliphatic rings. The van der Waals surface area contributed by atoms with E-state index in [1.807, 2.05) is 6.92 Å². The van der Waals surface area contributed by atoms with Gasteiger partial charge in [0.2, 0.25) is 11.8 Å². The highest BCUT2D eigenvalue weighted by molar-refractivity contribution is 5.80. The Balaban J connectivity index is 1.50. The van der Waals surface area contributed by atoms with Crippen LogP contribution in [0, 0.1) is 12.8 Å². The van der Waals surface area contributed by atoms with Gasteiger partial charge in [-0.3, -0.25) is 4.79 Å². The molecule has 0 atom stereocenters. The van der Waals surface area contributed by atoms with Gasteiger partial charge in [0.05, 0.1) is 18.8 Å². The van der Waals surface area contributed by atoms with Crippen LogP contribution in [-0.2, 0) is 17.9 Å². The predicted molar refractivity (Wildman–Crippen MR) is 84.8 cm³/mol. The second-order valence-electron chi connectivity index (χ2n) is 7.18. The van der Waals surface area contributed by atoms with Crippen LogP contribution < -0.4 is 4.90 Å². The lowest BCUT2D eigenvalue weighted by Crippen LogP contribution is -2.39. The third-order valence-corrected chi connectivity index (χ3v) is 5.41. The van der Waals surface area contributed by atoms with Gasteiger partial charge in [-0.15, -0.1) is 0 Å². The number of nitrogens with zero attached hydrogens (tertiary/aromatic N) is 4. The Morgan fingerprint density at radius 2 is 1.88 bits per heavy atom. The number of hydrogen-bond acceptors (Lipinski definition) is 4. The minimum atomic E-state index is -2.60. The van der Waals surface area contributed by atoms with E-state index in [1.54, 1.807) is 4.90 Å². The maximum Gasteiger partial charge on any atom is 0.248 e. The van der Waals surface area contributed by atoms with Crippen molar-refractivity contribution in [2.45, 2.75) is 58.0 Å². The van der Waals surface area contributed by atoms with Crippen LogP contribution in [0.15, 0.2) is 0 Å². The third kappa shape index (κ3) is 2.74. The fourth-order valence-corrected chi connectivity index (χ4v) is 3.85. The average molecular weight is 336 g/mol. The minimum Gasteiger partial charge on any atom is -0.356 e. The van der Waals surface area contributed by atoms with Gasteiger partial charge in [0.15, 0.2) is 0 Å². The first-order chi connectivity index (χ1) is 11.4. The summed E-state index contributed by atoms with van der Waals surface area (Å²) < 4.78 is 26.6. The van der Waals surface area contributed by atoms with E-state index in [0.717, 1.165) is 42.4 Å². The fraction of sp³-hybridized carbons (Fsp3) is 0.706. The number of fused-ring (bicyclic) bond motifs is 1. The van der Waals surface area contributed by atoms with Crippen LogP contribution >= 0.6 is 0 Å². The molecule has 1 aromatic heterocycles. The first kappa shape index (κ1) is 15.7. The second-order valence-corrected chi connectivity index (χ2v) is 7.18. The van der Waals surface area contributed by atoms with E-state index in [4.69, 9.17) is 0 Å². The molecule has 5 nitrogen and oxygen atoms in total. The van der Waals surface area contributed by atoms with E-state index in [9.17, 15) is 13.6 Å². The monoisotopic (exact) mass is 336 g/mol. The number of amides is 1. The van der Waals surface area contributed by atoms with Crippen LogP contribution in [-0.4, -0.2) is 39.8 Å². The molecule has 2 fully saturated rings. The molecule has 2 aliphatic heterocycles. The van der Waals surface area contributed by atoms with E-state index < -0.39 is 5.92 Å². The molecule has 0 unspecified atom stereocenters. The number of aryl methyl sites for hydroxylation is 1. The molecule has 3 heterocycles. The van der Waals surface area contributed by atoms with Crippen LogP contribution in [0.4, 0.5) is 14.6 Å². The third-order valence-electron chi connectivity index (χ3n) is 5.41. The predicted octanol–water partition coefficient (Wildman–Crippen LogP) is 2.66. The van der Waals surface area contributed by atoms with Gasteiger partial charge in [0, 0.05) is 37.4 Å². The molecule has 0 radical (unpaired) electrons. The van der Waals surface area contributed by atoms with E-state index in [2.05, 4.69) is 14.9 Å². The molecule has 0 N–H and O–H groups in total. The SMILES string of the molecule is Cc1nc2c(c(N3CCC3)n1)CN(C(=O)C1CCC(F)(F)CC1)C2. The highest BCUT2D eigenvalue weighted by Gasteiger charge is 2.40. The Bertz CT molecular complexity index is 665. The van der Waals surface area contributed by atoms with Crippen LogP contribution in [0.5, 0.6) is 0 Å². The molecule has 7 heteroatoms. The number of anilines is 1. The largest absolute Gasteiger partial charge is 0.356 e. The molecular weight excluding hydrogens is 314 g/mol. The van der Waals surface area contributed by atoms with Crippen molar-refractivity contribution >= 4 is 11.7 Å². The lowest BCUT2D eigenvalue weighted by molar-refractivity contribution is -0.140. The van der Waals surface area contributed by atoms with Crippen LogP contribution in [0.3, 0.4) is 0 Å². The standard InChI is InChI=1S/C17H22F2N4O/c1-11-20-14-10-23(9-13(14)15(21-11)22-7-2-8-22)16(24)12-3-5-17(18,19)6-4-12/h12H,2-10H2,1H3. The summed E-state index contributed by atoms with van der Waals surface area (Å²) in [7, 11) is 0. The highest BCUT2D eigenvalue weighted by atomic mass is 19.3. The van der Waals surface area contributed by atoms with Gasteiger partial charge in [-0.25, -0.2) is 18.7 Å². The van der Waals surface area contributed by atoms with Gasteiger partial charge in [-0.05, 0) is 26.2 Å². The zero-order valence-electron chi connectivity index (χ0n) is 13.9. The molecule has 0 spiro atoms. The maximum absolute atomic E-state index is 13.3.